The molecule has 0 radical (unpaired) electrons. The summed E-state index contributed by atoms with van der Waals surface area (Å²) in [5.41, 5.74) is 2.92. The molecule has 2 heterocycles. The molecular weight excluding hydrogens is 482 g/mol. The molecule has 2 atom stereocenters. The highest BCUT2D eigenvalue weighted by atomic mass is 79.9. The summed E-state index contributed by atoms with van der Waals surface area (Å²) in [7, 11) is 0. The Hall–Kier alpha value is -2.38. The van der Waals surface area contributed by atoms with Crippen molar-refractivity contribution < 1.29 is 14.3 Å². The third-order valence-electron chi connectivity index (χ3n) is 6.19. The molecule has 176 valence electrons. The number of halogens is 1. The number of carbonyl (C=O) groups is 2. The zero-order valence-corrected chi connectivity index (χ0v) is 21.3. The number of ether oxygens (including phenoxy) is 1. The van der Waals surface area contributed by atoms with Crippen LogP contribution in [0.3, 0.4) is 0 Å². The minimum atomic E-state index is -0.582. The van der Waals surface area contributed by atoms with Gasteiger partial charge in [0.25, 0.3) is 0 Å². The molecule has 0 N–H and O–H groups in total. The summed E-state index contributed by atoms with van der Waals surface area (Å²) in [6.07, 6.45) is -0.360. The van der Waals surface area contributed by atoms with E-state index in [9.17, 15) is 9.59 Å². The lowest BCUT2D eigenvalue weighted by molar-refractivity contribution is -0.141. The van der Waals surface area contributed by atoms with Gasteiger partial charge in [-0.3, -0.25) is 9.69 Å². The van der Waals surface area contributed by atoms with Crippen molar-refractivity contribution in [3.8, 4) is 0 Å². The van der Waals surface area contributed by atoms with Crippen molar-refractivity contribution in [1.82, 2.24) is 14.7 Å². The number of piperazine rings is 1. The van der Waals surface area contributed by atoms with Crippen molar-refractivity contribution in [3.63, 3.8) is 0 Å². The largest absolute Gasteiger partial charge is 0.444 e. The van der Waals surface area contributed by atoms with Crippen molar-refractivity contribution >= 4 is 27.9 Å². The molecule has 1 fully saturated rings. The number of nitrogens with zero attached hydrogens (tertiary/aromatic N) is 3. The van der Waals surface area contributed by atoms with Crippen molar-refractivity contribution in [2.45, 2.75) is 65.0 Å². The van der Waals surface area contributed by atoms with Crippen molar-refractivity contribution in [2.24, 2.45) is 0 Å². The fourth-order valence-corrected chi connectivity index (χ4v) is 4.99. The summed E-state index contributed by atoms with van der Waals surface area (Å²) in [6, 6.07) is 15.9. The fourth-order valence-electron chi connectivity index (χ4n) is 4.58. The molecular formula is C26H32BrN3O3. The summed E-state index contributed by atoms with van der Waals surface area (Å²) < 4.78 is 6.67. The Balaban J connectivity index is 1.57. The predicted molar refractivity (Wildman–Crippen MR) is 131 cm³/mol. The third-order valence-corrected chi connectivity index (χ3v) is 6.68. The Kier molecular flexibility index (Phi) is 6.82. The zero-order chi connectivity index (χ0) is 23.8. The number of fused-ring (bicyclic) bond motifs is 1. The van der Waals surface area contributed by atoms with Crippen LogP contribution in [0.5, 0.6) is 0 Å². The van der Waals surface area contributed by atoms with E-state index >= 15 is 0 Å². The van der Waals surface area contributed by atoms with Gasteiger partial charge < -0.3 is 14.5 Å². The van der Waals surface area contributed by atoms with Crippen LogP contribution in [0.15, 0.2) is 53.0 Å². The van der Waals surface area contributed by atoms with E-state index in [1.165, 1.54) is 11.1 Å². The van der Waals surface area contributed by atoms with Gasteiger partial charge in [-0.05, 0) is 56.5 Å². The third kappa shape index (κ3) is 5.58. The molecule has 2 aliphatic rings. The molecule has 0 aliphatic carbocycles. The minimum absolute atomic E-state index is 0.0544. The highest BCUT2D eigenvalue weighted by molar-refractivity contribution is 9.10. The fraction of sp³-hybridized carbons (Fsp3) is 0.462. The molecule has 2 amide bonds. The van der Waals surface area contributed by atoms with E-state index in [0.29, 0.717) is 32.7 Å². The van der Waals surface area contributed by atoms with E-state index in [1.807, 2.05) is 56.9 Å². The van der Waals surface area contributed by atoms with Gasteiger partial charge in [0, 0.05) is 43.2 Å². The van der Waals surface area contributed by atoms with Crippen LogP contribution in [0.25, 0.3) is 0 Å². The van der Waals surface area contributed by atoms with E-state index < -0.39 is 11.6 Å². The molecule has 7 heteroatoms. The Morgan fingerprint density at radius 1 is 1.03 bits per heavy atom. The molecule has 2 aliphatic heterocycles. The van der Waals surface area contributed by atoms with E-state index in [1.54, 1.807) is 4.90 Å². The van der Waals surface area contributed by atoms with E-state index in [4.69, 9.17) is 4.74 Å². The van der Waals surface area contributed by atoms with E-state index in [2.05, 4.69) is 45.1 Å². The number of benzene rings is 2. The van der Waals surface area contributed by atoms with Gasteiger partial charge in [-0.1, -0.05) is 52.3 Å². The predicted octanol–water partition coefficient (Wildman–Crippen LogP) is 4.80. The lowest BCUT2D eigenvalue weighted by atomic mass is 10.0. The summed E-state index contributed by atoms with van der Waals surface area (Å²) in [5, 5.41) is 0. The Morgan fingerprint density at radius 2 is 1.73 bits per heavy atom. The second-order valence-electron chi connectivity index (χ2n) is 10.0. The van der Waals surface area contributed by atoms with E-state index in [0.717, 1.165) is 10.0 Å². The van der Waals surface area contributed by atoms with Crippen LogP contribution >= 0.6 is 15.9 Å². The summed E-state index contributed by atoms with van der Waals surface area (Å²) >= 11 is 3.53. The number of hydrogen-bond donors (Lipinski definition) is 0. The van der Waals surface area contributed by atoms with Gasteiger partial charge in [0.2, 0.25) is 5.91 Å². The first-order valence-electron chi connectivity index (χ1n) is 11.4. The maximum Gasteiger partial charge on any atom is 0.410 e. The van der Waals surface area contributed by atoms with Gasteiger partial charge in [0.1, 0.15) is 11.6 Å². The maximum atomic E-state index is 13.8. The standard InChI is InChI=1S/C26H32BrN3O3/c1-18-13-28(14-19-8-6-5-7-9-19)23(17-30(18)25(32)33-26(2,3)4)24(31)29-15-20-10-11-22(27)12-21(20)16-29/h5-12,18,23H,13-17H2,1-4H3/t18-,23+/m1/s1. The molecule has 1 saturated heterocycles. The molecule has 0 saturated carbocycles. The van der Waals surface area contributed by atoms with Crippen LogP contribution in [-0.4, -0.2) is 57.5 Å². The smallest absolute Gasteiger partial charge is 0.410 e. The van der Waals surface area contributed by atoms with Crippen molar-refractivity contribution in [1.29, 1.82) is 0 Å². The van der Waals surface area contributed by atoms with Crippen LogP contribution in [0, 0.1) is 0 Å². The van der Waals surface area contributed by atoms with E-state index in [-0.39, 0.29) is 18.0 Å². The van der Waals surface area contributed by atoms with Crippen LogP contribution in [0.2, 0.25) is 0 Å². The number of carbonyl (C=O) groups excluding carboxylic acids is 2. The molecule has 2 aromatic rings. The van der Waals surface area contributed by atoms with Crippen molar-refractivity contribution in [3.05, 3.63) is 69.7 Å². The lowest BCUT2D eigenvalue weighted by Crippen LogP contribution is -2.63. The monoisotopic (exact) mass is 513 g/mol. The maximum absolute atomic E-state index is 13.8. The minimum Gasteiger partial charge on any atom is -0.444 e. The average molecular weight is 514 g/mol. The first-order valence-corrected chi connectivity index (χ1v) is 12.2. The molecule has 33 heavy (non-hydrogen) atoms. The highest BCUT2D eigenvalue weighted by Gasteiger charge is 2.41. The van der Waals surface area contributed by atoms with Gasteiger partial charge in [-0.15, -0.1) is 0 Å². The highest BCUT2D eigenvalue weighted by Crippen LogP contribution is 2.29. The Morgan fingerprint density at radius 3 is 2.42 bits per heavy atom. The van der Waals surface area contributed by atoms with Crippen LogP contribution in [-0.2, 0) is 29.2 Å². The number of amides is 2. The Bertz CT molecular complexity index is 1020. The second-order valence-corrected chi connectivity index (χ2v) is 10.9. The Labute approximate surface area is 204 Å². The molecule has 0 unspecified atom stereocenters. The molecule has 4 rings (SSSR count). The molecule has 6 nitrogen and oxygen atoms in total. The summed E-state index contributed by atoms with van der Waals surface area (Å²) in [5.74, 6) is 0.0544. The molecule has 2 aromatic carbocycles. The van der Waals surface area contributed by atoms with Gasteiger partial charge in [0.15, 0.2) is 0 Å². The topological polar surface area (TPSA) is 53.1 Å². The SMILES string of the molecule is C[C@@H]1CN(Cc2ccccc2)[C@H](C(=O)N2Cc3ccc(Br)cc3C2)CN1C(=O)OC(C)(C)C. The second kappa shape index (κ2) is 9.47. The average Bonchev–Trinajstić information content (AvgIpc) is 3.16. The number of rotatable bonds is 3. The van der Waals surface area contributed by atoms with Gasteiger partial charge in [-0.25, -0.2) is 4.79 Å². The quantitative estimate of drug-likeness (QED) is 0.591. The molecule has 0 bridgehead atoms. The molecule has 0 spiro atoms. The van der Waals surface area contributed by atoms with Gasteiger partial charge >= 0.3 is 6.09 Å². The first kappa shape index (κ1) is 23.8. The first-order chi connectivity index (χ1) is 15.6. The van der Waals surface area contributed by atoms with Gasteiger partial charge in [0.05, 0.1) is 0 Å². The van der Waals surface area contributed by atoms with Crippen LogP contribution in [0.4, 0.5) is 4.79 Å². The van der Waals surface area contributed by atoms with Crippen LogP contribution < -0.4 is 0 Å². The van der Waals surface area contributed by atoms with Gasteiger partial charge in [-0.2, -0.15) is 0 Å². The van der Waals surface area contributed by atoms with Crippen LogP contribution in [0.1, 0.15) is 44.4 Å². The molecule has 0 aromatic heterocycles. The number of hydrogen-bond acceptors (Lipinski definition) is 4. The normalized spacial score (nSPS) is 21.1. The van der Waals surface area contributed by atoms with Crippen molar-refractivity contribution in [2.75, 3.05) is 13.1 Å². The summed E-state index contributed by atoms with van der Waals surface area (Å²) in [6.45, 7) is 10.4. The lowest BCUT2D eigenvalue weighted by Gasteiger charge is -2.45. The summed E-state index contributed by atoms with van der Waals surface area (Å²) in [4.78, 5) is 32.6. The zero-order valence-electron chi connectivity index (χ0n) is 19.8.